The monoisotopic (exact) mass is 483 g/mol. The molecule has 0 amide bonds. The molecule has 2 aromatic rings. The van der Waals surface area contributed by atoms with Gasteiger partial charge in [-0.2, -0.15) is 0 Å². The first-order valence-electron chi connectivity index (χ1n) is 8.55. The molecule has 1 saturated carbocycles. The maximum absolute atomic E-state index is 4.70. The van der Waals surface area contributed by atoms with E-state index in [0.29, 0.717) is 0 Å². The van der Waals surface area contributed by atoms with E-state index in [4.69, 9.17) is 4.98 Å². The fourth-order valence-corrected chi connectivity index (χ4v) is 4.09. The first kappa shape index (κ1) is 16.9. The van der Waals surface area contributed by atoms with Crippen LogP contribution in [0.15, 0.2) is 30.5 Å². The van der Waals surface area contributed by atoms with Crippen LogP contribution in [0.2, 0.25) is 0 Å². The Kier molecular flexibility index (Phi) is 4.51. The summed E-state index contributed by atoms with van der Waals surface area (Å²) in [7, 11) is 0. The van der Waals surface area contributed by atoms with Gasteiger partial charge in [0.2, 0.25) is 0 Å². The molecule has 123 valence electrons. The van der Waals surface area contributed by atoms with Crippen molar-refractivity contribution >= 4 is 0 Å². The average Bonchev–Trinajstić information content (AvgIpc) is 2.55. The SMILES string of the molecule is CC(C)(C)c1ccc(-c2[c-]cc3c(c2)C2CCC3CC2)nc1.[Ir]. The van der Waals surface area contributed by atoms with Crippen LogP contribution in [-0.2, 0) is 25.5 Å². The second kappa shape index (κ2) is 6.15. The van der Waals surface area contributed by atoms with Gasteiger partial charge in [0.15, 0.2) is 0 Å². The van der Waals surface area contributed by atoms with Gasteiger partial charge in [0.05, 0.1) is 0 Å². The van der Waals surface area contributed by atoms with Gasteiger partial charge in [-0.15, -0.1) is 34.9 Å². The zero-order valence-electron chi connectivity index (χ0n) is 14.2. The molecule has 1 fully saturated rings. The van der Waals surface area contributed by atoms with Crippen LogP contribution in [0.5, 0.6) is 0 Å². The van der Waals surface area contributed by atoms with Crippen LogP contribution in [0.3, 0.4) is 0 Å². The second-order valence-electron chi connectivity index (χ2n) is 7.99. The van der Waals surface area contributed by atoms with Gasteiger partial charge in [0, 0.05) is 26.3 Å². The third-order valence-corrected chi connectivity index (χ3v) is 5.53. The Morgan fingerprint density at radius 2 is 1.65 bits per heavy atom. The maximum Gasteiger partial charge on any atom is 0.0198 e. The topological polar surface area (TPSA) is 12.9 Å². The first-order valence-corrected chi connectivity index (χ1v) is 8.55. The molecule has 1 aromatic heterocycles. The van der Waals surface area contributed by atoms with Gasteiger partial charge in [-0.05, 0) is 35.4 Å². The summed E-state index contributed by atoms with van der Waals surface area (Å²) in [6.45, 7) is 6.68. The van der Waals surface area contributed by atoms with E-state index in [2.05, 4.69) is 51.1 Å². The number of fused-ring (bicyclic) bond motifs is 2. The summed E-state index contributed by atoms with van der Waals surface area (Å²) in [4.78, 5) is 4.70. The van der Waals surface area contributed by atoms with E-state index in [9.17, 15) is 0 Å². The van der Waals surface area contributed by atoms with Gasteiger partial charge in [-0.25, -0.2) is 0 Å². The molecule has 0 saturated heterocycles. The minimum absolute atomic E-state index is 0. The zero-order chi connectivity index (χ0) is 15.3. The van der Waals surface area contributed by atoms with E-state index in [-0.39, 0.29) is 25.5 Å². The van der Waals surface area contributed by atoms with E-state index in [1.807, 2.05) is 6.20 Å². The molecule has 2 bridgehead atoms. The summed E-state index contributed by atoms with van der Waals surface area (Å²) in [5.74, 6) is 1.57. The standard InChI is InChI=1S/C21H24N.Ir/c1-21(2,3)17-9-11-20(22-13-17)16-8-10-18-14-4-6-15(7-5-14)19(18)12-16;/h9-15H,4-7H2,1-3H3;/q-1;. The van der Waals surface area contributed by atoms with Crippen molar-refractivity contribution < 1.29 is 20.1 Å². The van der Waals surface area contributed by atoms with E-state index in [1.54, 1.807) is 11.1 Å². The summed E-state index contributed by atoms with van der Waals surface area (Å²) in [5.41, 5.74) is 6.80. The minimum Gasteiger partial charge on any atom is -0.304 e. The molecule has 2 heteroatoms. The average molecular weight is 483 g/mol. The fraction of sp³-hybridized carbons (Fsp3) is 0.476. The summed E-state index contributed by atoms with van der Waals surface area (Å²) < 4.78 is 0. The van der Waals surface area contributed by atoms with E-state index in [1.165, 1.54) is 31.2 Å². The Bertz CT molecular complexity index is 689. The van der Waals surface area contributed by atoms with Crippen molar-refractivity contribution in [1.82, 2.24) is 4.98 Å². The first-order chi connectivity index (χ1) is 10.5. The van der Waals surface area contributed by atoms with Crippen molar-refractivity contribution in [3.8, 4) is 11.3 Å². The number of pyridine rings is 1. The van der Waals surface area contributed by atoms with Crippen molar-refractivity contribution in [2.75, 3.05) is 0 Å². The molecule has 1 aromatic carbocycles. The summed E-state index contributed by atoms with van der Waals surface area (Å²) in [5, 5.41) is 0. The predicted molar refractivity (Wildman–Crippen MR) is 91.2 cm³/mol. The Morgan fingerprint density at radius 1 is 1.00 bits per heavy atom. The molecule has 1 heterocycles. The third-order valence-electron chi connectivity index (χ3n) is 5.53. The Balaban J connectivity index is 0.00000156. The van der Waals surface area contributed by atoms with Gasteiger partial charge in [0.1, 0.15) is 0 Å². The molecule has 1 radical (unpaired) electrons. The number of aromatic nitrogens is 1. The Hall–Kier alpha value is -0.981. The van der Waals surface area contributed by atoms with Crippen LogP contribution in [0, 0.1) is 6.07 Å². The number of hydrogen-bond acceptors (Lipinski definition) is 1. The molecule has 0 unspecified atom stereocenters. The van der Waals surface area contributed by atoms with E-state index < -0.39 is 0 Å². The normalized spacial score (nSPS) is 22.4. The van der Waals surface area contributed by atoms with Crippen molar-refractivity contribution in [3.05, 3.63) is 53.2 Å². The molecule has 23 heavy (non-hydrogen) atoms. The predicted octanol–water partition coefficient (Wildman–Crippen LogP) is 5.60. The summed E-state index contributed by atoms with van der Waals surface area (Å²) >= 11 is 0. The van der Waals surface area contributed by atoms with Crippen LogP contribution < -0.4 is 0 Å². The van der Waals surface area contributed by atoms with Crippen molar-refractivity contribution in [3.63, 3.8) is 0 Å². The van der Waals surface area contributed by atoms with Gasteiger partial charge >= 0.3 is 0 Å². The summed E-state index contributed by atoms with van der Waals surface area (Å²) in [6.07, 6.45) is 7.52. The fourth-order valence-electron chi connectivity index (χ4n) is 4.09. The maximum atomic E-state index is 4.70. The van der Waals surface area contributed by atoms with Gasteiger partial charge in [0.25, 0.3) is 0 Å². The molecule has 0 aliphatic heterocycles. The molecule has 3 aliphatic carbocycles. The molecule has 0 N–H and O–H groups in total. The minimum atomic E-state index is 0. The number of hydrogen-bond donors (Lipinski definition) is 0. The van der Waals surface area contributed by atoms with Gasteiger partial charge in [-0.3, -0.25) is 0 Å². The molecular weight excluding hydrogens is 458 g/mol. The van der Waals surface area contributed by atoms with Crippen molar-refractivity contribution in [1.29, 1.82) is 0 Å². The molecule has 3 aliphatic rings. The molecule has 1 nitrogen and oxygen atoms in total. The zero-order valence-corrected chi connectivity index (χ0v) is 16.5. The van der Waals surface area contributed by atoms with E-state index in [0.717, 1.165) is 23.1 Å². The van der Waals surface area contributed by atoms with Crippen molar-refractivity contribution in [2.24, 2.45) is 0 Å². The molecule has 5 rings (SSSR count). The Morgan fingerprint density at radius 3 is 2.22 bits per heavy atom. The van der Waals surface area contributed by atoms with Crippen LogP contribution in [0.4, 0.5) is 0 Å². The number of benzene rings is 1. The van der Waals surface area contributed by atoms with Crippen LogP contribution >= 0.6 is 0 Å². The quantitative estimate of drug-likeness (QED) is 0.482. The molecule has 0 spiro atoms. The van der Waals surface area contributed by atoms with Crippen LogP contribution in [0.25, 0.3) is 11.3 Å². The second-order valence-corrected chi connectivity index (χ2v) is 7.99. The van der Waals surface area contributed by atoms with Crippen LogP contribution in [0.1, 0.15) is 75.0 Å². The number of nitrogens with zero attached hydrogens (tertiary/aromatic N) is 1. The summed E-state index contributed by atoms with van der Waals surface area (Å²) in [6, 6.07) is 12.5. The molecular formula is C21H24IrN-. The van der Waals surface area contributed by atoms with Crippen LogP contribution in [-0.4, -0.2) is 4.98 Å². The number of rotatable bonds is 1. The van der Waals surface area contributed by atoms with Crippen molar-refractivity contribution in [2.45, 2.75) is 63.7 Å². The smallest absolute Gasteiger partial charge is 0.0198 e. The van der Waals surface area contributed by atoms with Gasteiger partial charge < -0.3 is 4.98 Å². The van der Waals surface area contributed by atoms with E-state index >= 15 is 0 Å². The third kappa shape index (κ3) is 3.04. The molecule has 0 atom stereocenters. The van der Waals surface area contributed by atoms with Gasteiger partial charge in [-0.1, -0.05) is 51.7 Å². The largest absolute Gasteiger partial charge is 0.304 e. The Labute approximate surface area is 153 Å².